The number of hydrogen-bond donors (Lipinski definition) is 0. The van der Waals surface area contributed by atoms with E-state index in [0.29, 0.717) is 18.4 Å². The molecule has 0 saturated carbocycles. The zero-order valence-corrected chi connectivity index (χ0v) is 10.1. The van der Waals surface area contributed by atoms with E-state index in [4.69, 9.17) is 0 Å². The molecule has 0 aliphatic heterocycles. The molecule has 0 amide bonds. The Morgan fingerprint density at radius 2 is 1.94 bits per heavy atom. The van der Waals surface area contributed by atoms with Gasteiger partial charge in [-0.15, -0.1) is 0 Å². The minimum Gasteiger partial charge on any atom is -0.233 e. The van der Waals surface area contributed by atoms with E-state index in [1.165, 1.54) is 13.0 Å². The Hall–Kier alpha value is -0.910. The number of hydrogen-bond acceptors (Lipinski definition) is 2. The Morgan fingerprint density at radius 1 is 1.31 bits per heavy atom. The molecular formula is C11H14O4S. The predicted octanol–water partition coefficient (Wildman–Crippen LogP) is 1.87. The van der Waals surface area contributed by atoms with Gasteiger partial charge in [-0.2, -0.15) is 8.42 Å². The van der Waals surface area contributed by atoms with Crippen LogP contribution in [0.15, 0.2) is 23.1 Å². The Balaban J connectivity index is 3.09. The van der Waals surface area contributed by atoms with Crippen LogP contribution >= 0.6 is 0 Å². The van der Waals surface area contributed by atoms with Gasteiger partial charge in [0.05, 0.1) is 11.0 Å². The highest BCUT2D eigenvalue weighted by atomic mass is 32.2. The van der Waals surface area contributed by atoms with Crippen LogP contribution in [0.3, 0.4) is 0 Å². The monoisotopic (exact) mass is 242 g/mol. The fourth-order valence-electron chi connectivity index (χ4n) is 1.51. The van der Waals surface area contributed by atoms with E-state index in [0.717, 1.165) is 5.56 Å². The van der Waals surface area contributed by atoms with Gasteiger partial charge in [-0.1, -0.05) is 22.2 Å². The summed E-state index contributed by atoms with van der Waals surface area (Å²) in [6.45, 7) is 3.33. The molecule has 0 fully saturated rings. The summed E-state index contributed by atoms with van der Waals surface area (Å²) < 4.78 is 32.9. The van der Waals surface area contributed by atoms with Crippen molar-refractivity contribution in [1.82, 2.24) is 0 Å². The Morgan fingerprint density at radius 3 is 2.44 bits per heavy atom. The lowest BCUT2D eigenvalue weighted by atomic mass is 10.1. The fourth-order valence-corrected chi connectivity index (χ4v) is 2.22. The van der Waals surface area contributed by atoms with Crippen LogP contribution in [-0.4, -0.2) is 14.5 Å². The summed E-state index contributed by atoms with van der Waals surface area (Å²) in [5.41, 5.74) is 1.32. The molecule has 1 atom stereocenters. The number of aryl methyl sites for hydroxylation is 2. The molecule has 0 heterocycles. The Kier molecular flexibility index (Phi) is 4.07. The van der Waals surface area contributed by atoms with Crippen LogP contribution in [0.4, 0.5) is 0 Å². The maximum atomic E-state index is 11.0. The Labute approximate surface area is 95.7 Å². The summed E-state index contributed by atoms with van der Waals surface area (Å²) in [5.74, 6) is 0. The second kappa shape index (κ2) is 4.95. The third-order valence-electron chi connectivity index (χ3n) is 2.31. The standard InChI is InChI=1S/C11H14O4S/c1-8-3-6-11(16(13,14)15)10(7-8)5-4-9(2)12/h3,6-7,9H,4-5H2,1-2H3. The van der Waals surface area contributed by atoms with Crippen LogP contribution in [0, 0.1) is 6.92 Å². The van der Waals surface area contributed by atoms with Crippen LogP contribution in [0.1, 0.15) is 24.5 Å². The van der Waals surface area contributed by atoms with Crippen molar-refractivity contribution in [3.05, 3.63) is 29.3 Å². The lowest BCUT2D eigenvalue weighted by Crippen LogP contribution is -2.05. The van der Waals surface area contributed by atoms with Crippen LogP contribution in [0.2, 0.25) is 0 Å². The summed E-state index contributed by atoms with van der Waals surface area (Å²) in [6, 6.07) is 4.53. The highest BCUT2D eigenvalue weighted by Crippen LogP contribution is 2.19. The third-order valence-corrected chi connectivity index (χ3v) is 3.24. The van der Waals surface area contributed by atoms with Gasteiger partial charge in [0.25, 0.3) is 0 Å². The summed E-state index contributed by atoms with van der Waals surface area (Å²) in [6.07, 6.45) is -0.113. The normalized spacial score (nSPS) is 13.8. The van der Waals surface area contributed by atoms with Gasteiger partial charge >= 0.3 is 10.1 Å². The molecule has 0 aromatic heterocycles. The third kappa shape index (κ3) is 3.59. The quantitative estimate of drug-likeness (QED) is 0.808. The highest BCUT2D eigenvalue weighted by Gasteiger charge is 2.17. The van der Waals surface area contributed by atoms with Crippen molar-refractivity contribution in [2.45, 2.75) is 37.7 Å². The largest absolute Gasteiger partial charge is 0.324 e. The maximum absolute atomic E-state index is 11.0. The average Bonchev–Trinajstić information content (AvgIpc) is 2.12. The van der Waals surface area contributed by atoms with Gasteiger partial charge in [-0.3, -0.25) is 0 Å². The summed E-state index contributed by atoms with van der Waals surface area (Å²) in [5, 5.41) is 10.9. The summed E-state index contributed by atoms with van der Waals surface area (Å²) in [7, 11) is -4.45. The van der Waals surface area contributed by atoms with Crippen molar-refractivity contribution in [1.29, 1.82) is 0 Å². The molecule has 0 saturated heterocycles. The molecule has 0 N–H and O–H groups in total. The van der Waals surface area contributed by atoms with E-state index in [1.807, 2.05) is 6.92 Å². The molecule has 1 aromatic rings. The van der Waals surface area contributed by atoms with E-state index in [2.05, 4.69) is 0 Å². The van der Waals surface area contributed by atoms with Gasteiger partial charge in [-0.25, -0.2) is 5.11 Å². The van der Waals surface area contributed by atoms with Crippen LogP contribution < -0.4 is 0 Å². The smallest absolute Gasteiger partial charge is 0.233 e. The van der Waals surface area contributed by atoms with Crippen molar-refractivity contribution in [2.24, 2.45) is 0 Å². The van der Waals surface area contributed by atoms with E-state index < -0.39 is 16.2 Å². The van der Waals surface area contributed by atoms with Gasteiger partial charge < -0.3 is 0 Å². The van der Waals surface area contributed by atoms with Crippen LogP contribution in [-0.2, 0) is 26.2 Å². The minimum absolute atomic E-state index is 0.209. The predicted molar refractivity (Wildman–Crippen MR) is 57.5 cm³/mol. The molecule has 0 aliphatic carbocycles. The molecule has 0 spiro atoms. The molecule has 0 aliphatic rings. The van der Waals surface area contributed by atoms with Crippen LogP contribution in [0.5, 0.6) is 0 Å². The van der Waals surface area contributed by atoms with Crippen molar-refractivity contribution in [2.75, 3.05) is 0 Å². The number of rotatable bonds is 4. The van der Waals surface area contributed by atoms with Gasteiger partial charge in [0.1, 0.15) is 0 Å². The zero-order chi connectivity index (χ0) is 12.3. The lowest BCUT2D eigenvalue weighted by molar-refractivity contribution is 0.0978. The SMILES string of the molecule is Cc1ccc(S([O])(=O)=O)c(CCC(C)[O])c1. The first kappa shape index (κ1) is 13.2. The second-order valence-corrected chi connectivity index (χ2v) is 5.26. The van der Waals surface area contributed by atoms with Crippen molar-refractivity contribution >= 4 is 10.1 Å². The molecule has 5 heteroatoms. The van der Waals surface area contributed by atoms with Crippen molar-refractivity contribution in [3.63, 3.8) is 0 Å². The van der Waals surface area contributed by atoms with E-state index >= 15 is 0 Å². The van der Waals surface area contributed by atoms with E-state index in [1.54, 1.807) is 12.1 Å². The van der Waals surface area contributed by atoms with E-state index in [-0.39, 0.29) is 4.90 Å². The van der Waals surface area contributed by atoms with Crippen molar-refractivity contribution in [3.8, 4) is 0 Å². The van der Waals surface area contributed by atoms with Gasteiger partial charge in [0, 0.05) is 0 Å². The molecule has 16 heavy (non-hydrogen) atoms. The first-order valence-electron chi connectivity index (χ1n) is 5.02. The first-order chi connectivity index (χ1) is 7.30. The zero-order valence-electron chi connectivity index (χ0n) is 9.26. The molecular weight excluding hydrogens is 228 g/mol. The van der Waals surface area contributed by atoms with Gasteiger partial charge in [0.2, 0.25) is 0 Å². The number of benzene rings is 1. The lowest BCUT2D eigenvalue weighted by Gasteiger charge is -2.08. The molecule has 4 nitrogen and oxygen atoms in total. The highest BCUT2D eigenvalue weighted by molar-refractivity contribution is 7.85. The van der Waals surface area contributed by atoms with Crippen LogP contribution in [0.25, 0.3) is 0 Å². The first-order valence-corrected chi connectivity index (χ1v) is 6.43. The average molecular weight is 242 g/mol. The molecule has 0 bridgehead atoms. The Bertz CT molecular complexity index is 463. The maximum Gasteiger partial charge on any atom is 0.324 e. The topological polar surface area (TPSA) is 73.9 Å². The fraction of sp³-hybridized carbons (Fsp3) is 0.455. The molecule has 1 aromatic carbocycles. The molecule has 88 valence electrons. The second-order valence-electron chi connectivity index (χ2n) is 3.91. The van der Waals surface area contributed by atoms with Gasteiger partial charge in [-0.05, 0) is 38.3 Å². The van der Waals surface area contributed by atoms with Crippen molar-refractivity contribution < 1.29 is 18.1 Å². The molecule has 2 radical (unpaired) electrons. The van der Waals surface area contributed by atoms with E-state index in [9.17, 15) is 18.1 Å². The summed E-state index contributed by atoms with van der Waals surface area (Å²) >= 11 is 0. The minimum atomic E-state index is -4.45. The molecule has 1 unspecified atom stereocenters. The summed E-state index contributed by atoms with van der Waals surface area (Å²) in [4.78, 5) is -0.209. The van der Waals surface area contributed by atoms with Gasteiger partial charge in [0.15, 0.2) is 0 Å². The molecule has 1 rings (SSSR count).